The minimum absolute atomic E-state index is 0.156. The molecular formula is C15H19F3N2. The molecule has 2 nitrogen and oxygen atoms in total. The summed E-state index contributed by atoms with van der Waals surface area (Å²) in [5, 5.41) is 0. The van der Waals surface area contributed by atoms with Gasteiger partial charge in [-0.15, -0.1) is 0 Å². The SMILES string of the molecule is CCC1CN2CCCC2CN1c1cc(F)c(F)cc1F. The van der Waals surface area contributed by atoms with Crippen molar-refractivity contribution in [1.82, 2.24) is 4.90 Å². The number of fused-ring (bicyclic) bond motifs is 1. The van der Waals surface area contributed by atoms with Crippen molar-refractivity contribution in [2.24, 2.45) is 0 Å². The molecule has 2 fully saturated rings. The Morgan fingerprint density at radius 1 is 1.10 bits per heavy atom. The zero-order valence-corrected chi connectivity index (χ0v) is 11.6. The first-order valence-corrected chi connectivity index (χ1v) is 7.25. The summed E-state index contributed by atoms with van der Waals surface area (Å²) in [5.74, 6) is -2.78. The third-order valence-electron chi connectivity index (χ3n) is 4.56. The van der Waals surface area contributed by atoms with Crippen LogP contribution in [0.1, 0.15) is 26.2 Å². The maximum absolute atomic E-state index is 14.0. The highest BCUT2D eigenvalue weighted by atomic mass is 19.2. The van der Waals surface area contributed by atoms with E-state index in [1.807, 2.05) is 11.8 Å². The molecule has 2 unspecified atom stereocenters. The first-order chi connectivity index (χ1) is 9.60. The molecule has 0 bridgehead atoms. The van der Waals surface area contributed by atoms with Crippen LogP contribution in [0.3, 0.4) is 0 Å². The summed E-state index contributed by atoms with van der Waals surface area (Å²) in [6.07, 6.45) is 3.12. The minimum Gasteiger partial charge on any atom is -0.363 e. The van der Waals surface area contributed by atoms with Crippen molar-refractivity contribution in [3.63, 3.8) is 0 Å². The number of benzene rings is 1. The van der Waals surface area contributed by atoms with Crippen LogP contribution in [0.5, 0.6) is 0 Å². The van der Waals surface area contributed by atoms with Gasteiger partial charge in [0.15, 0.2) is 11.6 Å². The van der Waals surface area contributed by atoms with Gasteiger partial charge in [0.05, 0.1) is 5.69 Å². The second-order valence-corrected chi connectivity index (χ2v) is 5.72. The summed E-state index contributed by atoms with van der Waals surface area (Å²) < 4.78 is 40.5. The summed E-state index contributed by atoms with van der Waals surface area (Å²) in [7, 11) is 0. The topological polar surface area (TPSA) is 6.48 Å². The molecule has 1 aromatic rings. The van der Waals surface area contributed by atoms with Crippen LogP contribution in [0.2, 0.25) is 0 Å². The Morgan fingerprint density at radius 2 is 1.85 bits per heavy atom. The third kappa shape index (κ3) is 2.28. The lowest BCUT2D eigenvalue weighted by Gasteiger charge is -2.44. The standard InChI is InChI=1S/C15H19F3N2/c1-2-10-8-19-5-3-4-11(19)9-20(10)15-7-13(17)12(16)6-14(15)18/h6-7,10-11H,2-5,8-9H2,1H3. The predicted octanol–water partition coefficient (Wildman–Crippen LogP) is 3.17. The van der Waals surface area contributed by atoms with E-state index in [0.717, 1.165) is 38.4 Å². The van der Waals surface area contributed by atoms with E-state index in [-0.39, 0.29) is 11.7 Å². The monoisotopic (exact) mass is 284 g/mol. The fourth-order valence-corrected chi connectivity index (χ4v) is 3.46. The number of rotatable bonds is 2. The van der Waals surface area contributed by atoms with Crippen LogP contribution in [0.15, 0.2) is 12.1 Å². The number of hydrogen-bond acceptors (Lipinski definition) is 2. The van der Waals surface area contributed by atoms with Crippen LogP contribution in [-0.4, -0.2) is 36.6 Å². The van der Waals surface area contributed by atoms with Gasteiger partial charge in [-0.3, -0.25) is 4.90 Å². The Morgan fingerprint density at radius 3 is 2.60 bits per heavy atom. The largest absolute Gasteiger partial charge is 0.363 e. The minimum atomic E-state index is -1.13. The molecule has 1 aromatic carbocycles. The Hall–Kier alpha value is -1.23. The van der Waals surface area contributed by atoms with Crippen molar-refractivity contribution in [2.75, 3.05) is 24.5 Å². The summed E-state index contributed by atoms with van der Waals surface area (Å²) in [6.45, 7) is 4.71. The maximum Gasteiger partial charge on any atom is 0.161 e. The second kappa shape index (κ2) is 5.28. The maximum atomic E-state index is 14.0. The summed E-state index contributed by atoms with van der Waals surface area (Å²) in [4.78, 5) is 4.35. The number of piperazine rings is 1. The third-order valence-corrected chi connectivity index (χ3v) is 4.56. The van der Waals surface area contributed by atoms with Crippen molar-refractivity contribution >= 4 is 5.69 Å². The highest BCUT2D eigenvalue weighted by molar-refractivity contribution is 5.50. The van der Waals surface area contributed by atoms with Crippen molar-refractivity contribution in [2.45, 2.75) is 38.3 Å². The first-order valence-electron chi connectivity index (χ1n) is 7.25. The van der Waals surface area contributed by atoms with E-state index in [9.17, 15) is 13.2 Å². The number of hydrogen-bond donors (Lipinski definition) is 0. The molecule has 0 saturated carbocycles. The molecular weight excluding hydrogens is 265 g/mol. The zero-order valence-electron chi connectivity index (χ0n) is 11.6. The van der Waals surface area contributed by atoms with Crippen LogP contribution < -0.4 is 4.90 Å². The molecule has 0 N–H and O–H groups in total. The van der Waals surface area contributed by atoms with Gasteiger partial charge in [0.25, 0.3) is 0 Å². The van der Waals surface area contributed by atoms with Gasteiger partial charge in [-0.25, -0.2) is 13.2 Å². The Labute approximate surface area is 117 Å². The molecule has 2 heterocycles. The fourth-order valence-electron chi connectivity index (χ4n) is 3.46. The lowest BCUT2D eigenvalue weighted by Crippen LogP contribution is -2.56. The van der Waals surface area contributed by atoms with Gasteiger partial charge in [-0.1, -0.05) is 6.92 Å². The molecule has 0 aliphatic carbocycles. The number of halogens is 3. The van der Waals surface area contributed by atoms with E-state index in [0.29, 0.717) is 18.7 Å². The van der Waals surface area contributed by atoms with Crippen molar-refractivity contribution in [1.29, 1.82) is 0 Å². The van der Waals surface area contributed by atoms with Gasteiger partial charge in [0.2, 0.25) is 0 Å². The van der Waals surface area contributed by atoms with Crippen LogP contribution >= 0.6 is 0 Å². The Bertz CT molecular complexity index is 506. The van der Waals surface area contributed by atoms with E-state index in [4.69, 9.17) is 0 Å². The second-order valence-electron chi connectivity index (χ2n) is 5.72. The Kier molecular flexibility index (Phi) is 3.63. The van der Waals surface area contributed by atoms with Gasteiger partial charge in [0.1, 0.15) is 5.82 Å². The van der Waals surface area contributed by atoms with Gasteiger partial charge < -0.3 is 4.90 Å². The summed E-state index contributed by atoms with van der Waals surface area (Å²) in [5.41, 5.74) is 0.197. The van der Waals surface area contributed by atoms with Crippen molar-refractivity contribution in [3.05, 3.63) is 29.6 Å². The highest BCUT2D eigenvalue weighted by Gasteiger charge is 2.36. The molecule has 5 heteroatoms. The van der Waals surface area contributed by atoms with Crippen LogP contribution in [-0.2, 0) is 0 Å². The molecule has 3 rings (SSSR count). The van der Waals surface area contributed by atoms with E-state index in [1.54, 1.807) is 0 Å². The van der Waals surface area contributed by atoms with Crippen LogP contribution in [0.4, 0.5) is 18.9 Å². The molecule has 0 radical (unpaired) electrons. The fraction of sp³-hybridized carbons (Fsp3) is 0.600. The summed E-state index contributed by atoms with van der Waals surface area (Å²) in [6, 6.07) is 2.21. The predicted molar refractivity (Wildman–Crippen MR) is 72.3 cm³/mol. The lowest BCUT2D eigenvalue weighted by atomic mass is 10.0. The average molecular weight is 284 g/mol. The van der Waals surface area contributed by atoms with Gasteiger partial charge >= 0.3 is 0 Å². The van der Waals surface area contributed by atoms with Gasteiger partial charge in [-0.05, 0) is 25.8 Å². The molecule has 2 aliphatic heterocycles. The number of nitrogens with zero attached hydrogens (tertiary/aromatic N) is 2. The van der Waals surface area contributed by atoms with Gasteiger partial charge in [0, 0.05) is 37.3 Å². The van der Waals surface area contributed by atoms with E-state index in [2.05, 4.69) is 4.90 Å². The van der Waals surface area contributed by atoms with E-state index < -0.39 is 17.5 Å². The van der Waals surface area contributed by atoms with Crippen molar-refractivity contribution in [3.8, 4) is 0 Å². The molecule has 2 aliphatic rings. The first kappa shape index (κ1) is 13.7. The smallest absolute Gasteiger partial charge is 0.161 e. The van der Waals surface area contributed by atoms with E-state index >= 15 is 0 Å². The molecule has 0 aromatic heterocycles. The van der Waals surface area contributed by atoms with Crippen LogP contribution in [0, 0.1) is 17.5 Å². The lowest BCUT2D eigenvalue weighted by molar-refractivity contribution is 0.194. The zero-order chi connectivity index (χ0) is 14.3. The molecule has 110 valence electrons. The molecule has 2 saturated heterocycles. The van der Waals surface area contributed by atoms with Crippen molar-refractivity contribution < 1.29 is 13.2 Å². The molecule has 2 atom stereocenters. The average Bonchev–Trinajstić information content (AvgIpc) is 2.88. The quantitative estimate of drug-likeness (QED) is 0.770. The van der Waals surface area contributed by atoms with E-state index in [1.165, 1.54) is 0 Å². The molecule has 0 amide bonds. The molecule has 0 spiro atoms. The van der Waals surface area contributed by atoms with Crippen LogP contribution in [0.25, 0.3) is 0 Å². The molecule has 20 heavy (non-hydrogen) atoms. The normalized spacial score (nSPS) is 26.9. The Balaban J connectivity index is 1.92. The summed E-state index contributed by atoms with van der Waals surface area (Å²) >= 11 is 0. The highest BCUT2D eigenvalue weighted by Crippen LogP contribution is 2.32. The number of anilines is 1. The van der Waals surface area contributed by atoms with Gasteiger partial charge in [-0.2, -0.15) is 0 Å².